The SMILES string of the molecule is CCOC(=O)CC(O)CSc1ncccc1Cl. The van der Waals surface area contributed by atoms with Crippen molar-refractivity contribution in [3.05, 3.63) is 23.4 Å². The van der Waals surface area contributed by atoms with Crippen molar-refractivity contribution in [2.45, 2.75) is 24.5 Å². The predicted molar refractivity (Wildman–Crippen MR) is 67.2 cm³/mol. The second kappa shape index (κ2) is 7.53. The molecule has 1 heterocycles. The molecule has 0 saturated heterocycles. The third kappa shape index (κ3) is 5.39. The van der Waals surface area contributed by atoms with Crippen LogP contribution in [0.15, 0.2) is 23.4 Å². The van der Waals surface area contributed by atoms with Gasteiger partial charge in [-0.1, -0.05) is 11.6 Å². The lowest BCUT2D eigenvalue weighted by atomic mass is 10.3. The molecule has 1 atom stereocenters. The van der Waals surface area contributed by atoms with Crippen LogP contribution in [0.5, 0.6) is 0 Å². The van der Waals surface area contributed by atoms with E-state index in [-0.39, 0.29) is 6.42 Å². The molecule has 1 aromatic rings. The van der Waals surface area contributed by atoms with Crippen LogP contribution in [0, 0.1) is 0 Å². The van der Waals surface area contributed by atoms with Crippen molar-refractivity contribution < 1.29 is 14.6 Å². The minimum absolute atomic E-state index is 0.00864. The first-order chi connectivity index (χ1) is 8.13. The van der Waals surface area contributed by atoms with Gasteiger partial charge in [0, 0.05) is 11.9 Å². The van der Waals surface area contributed by atoms with E-state index in [4.69, 9.17) is 16.3 Å². The van der Waals surface area contributed by atoms with Gasteiger partial charge in [-0.05, 0) is 19.1 Å². The molecule has 94 valence electrons. The molecule has 1 unspecified atom stereocenters. The Balaban J connectivity index is 2.35. The first kappa shape index (κ1) is 14.3. The summed E-state index contributed by atoms with van der Waals surface area (Å²) in [6, 6.07) is 3.47. The zero-order chi connectivity index (χ0) is 12.7. The van der Waals surface area contributed by atoms with Gasteiger partial charge in [0.1, 0.15) is 5.03 Å². The summed E-state index contributed by atoms with van der Waals surface area (Å²) in [5.41, 5.74) is 0. The second-order valence-corrected chi connectivity index (χ2v) is 4.68. The third-order valence-electron chi connectivity index (χ3n) is 1.84. The Kier molecular flexibility index (Phi) is 6.32. The van der Waals surface area contributed by atoms with E-state index >= 15 is 0 Å². The molecule has 0 aliphatic carbocycles. The zero-order valence-corrected chi connectivity index (χ0v) is 11.0. The van der Waals surface area contributed by atoms with Crippen molar-refractivity contribution in [3.63, 3.8) is 0 Å². The lowest BCUT2D eigenvalue weighted by Crippen LogP contribution is -2.17. The Morgan fingerprint density at radius 1 is 1.71 bits per heavy atom. The van der Waals surface area contributed by atoms with Gasteiger partial charge in [0.2, 0.25) is 0 Å². The normalized spacial score (nSPS) is 12.2. The summed E-state index contributed by atoms with van der Waals surface area (Å²) in [5, 5.41) is 10.8. The number of aliphatic hydroxyl groups is 1. The van der Waals surface area contributed by atoms with E-state index in [1.807, 2.05) is 0 Å². The van der Waals surface area contributed by atoms with E-state index in [1.54, 1.807) is 25.3 Å². The molecule has 0 bridgehead atoms. The van der Waals surface area contributed by atoms with Crippen LogP contribution < -0.4 is 0 Å². The topological polar surface area (TPSA) is 59.4 Å². The summed E-state index contributed by atoms with van der Waals surface area (Å²) in [4.78, 5) is 15.2. The number of hydrogen-bond acceptors (Lipinski definition) is 5. The van der Waals surface area contributed by atoms with E-state index in [2.05, 4.69) is 4.98 Å². The van der Waals surface area contributed by atoms with Crippen LogP contribution >= 0.6 is 23.4 Å². The maximum Gasteiger partial charge on any atom is 0.308 e. The number of halogens is 1. The van der Waals surface area contributed by atoms with Crippen molar-refractivity contribution in [2.75, 3.05) is 12.4 Å². The fourth-order valence-corrected chi connectivity index (χ4v) is 2.22. The maximum absolute atomic E-state index is 11.1. The van der Waals surface area contributed by atoms with Crippen molar-refractivity contribution in [3.8, 4) is 0 Å². The summed E-state index contributed by atoms with van der Waals surface area (Å²) in [6.07, 6.45) is 0.870. The highest BCUT2D eigenvalue weighted by molar-refractivity contribution is 7.99. The van der Waals surface area contributed by atoms with Crippen LogP contribution in [0.3, 0.4) is 0 Å². The van der Waals surface area contributed by atoms with E-state index in [0.29, 0.717) is 22.4 Å². The molecule has 0 aromatic carbocycles. The number of pyridine rings is 1. The van der Waals surface area contributed by atoms with Gasteiger partial charge < -0.3 is 9.84 Å². The fraction of sp³-hybridized carbons (Fsp3) is 0.455. The standard InChI is InChI=1S/C11H14ClNO3S/c1-2-16-10(15)6-8(14)7-17-11-9(12)4-3-5-13-11/h3-5,8,14H,2,6-7H2,1H3. The molecular weight excluding hydrogens is 262 g/mol. The van der Waals surface area contributed by atoms with Gasteiger partial charge in [-0.3, -0.25) is 4.79 Å². The van der Waals surface area contributed by atoms with Crippen molar-refractivity contribution in [1.82, 2.24) is 4.98 Å². The molecule has 0 saturated carbocycles. The average Bonchev–Trinajstić information content (AvgIpc) is 2.28. The number of thioether (sulfide) groups is 1. The highest BCUT2D eigenvalue weighted by Gasteiger charge is 2.13. The number of aromatic nitrogens is 1. The molecule has 0 aliphatic heterocycles. The van der Waals surface area contributed by atoms with Gasteiger partial charge in [-0.2, -0.15) is 0 Å². The minimum atomic E-state index is -0.753. The smallest absolute Gasteiger partial charge is 0.308 e. The summed E-state index contributed by atoms with van der Waals surface area (Å²) in [7, 11) is 0. The molecule has 1 N–H and O–H groups in total. The highest BCUT2D eigenvalue weighted by Crippen LogP contribution is 2.24. The number of aliphatic hydroxyl groups excluding tert-OH is 1. The van der Waals surface area contributed by atoms with Crippen LogP contribution in [-0.2, 0) is 9.53 Å². The van der Waals surface area contributed by atoms with E-state index in [1.165, 1.54) is 11.8 Å². The molecule has 0 fully saturated rings. The molecule has 1 rings (SSSR count). The highest BCUT2D eigenvalue weighted by atomic mass is 35.5. The van der Waals surface area contributed by atoms with E-state index in [0.717, 1.165) is 0 Å². The first-order valence-corrected chi connectivity index (χ1v) is 6.56. The molecule has 17 heavy (non-hydrogen) atoms. The fourth-order valence-electron chi connectivity index (χ4n) is 1.12. The number of carbonyl (C=O) groups excluding carboxylic acids is 1. The number of esters is 1. The molecule has 0 aliphatic rings. The van der Waals surface area contributed by atoms with Crippen LogP contribution in [0.2, 0.25) is 5.02 Å². The molecule has 1 aromatic heterocycles. The number of hydrogen-bond donors (Lipinski definition) is 1. The summed E-state index contributed by atoms with van der Waals surface area (Å²) >= 11 is 7.22. The molecule has 6 heteroatoms. The van der Waals surface area contributed by atoms with Crippen LogP contribution in [0.1, 0.15) is 13.3 Å². The number of rotatable bonds is 6. The quantitative estimate of drug-likeness (QED) is 0.637. The Bertz CT molecular complexity index is 375. The summed E-state index contributed by atoms with van der Waals surface area (Å²) in [5.74, 6) is -0.0389. The Labute approximate surface area is 109 Å². The Hall–Kier alpha value is -0.780. The van der Waals surface area contributed by atoms with E-state index < -0.39 is 12.1 Å². The molecular formula is C11H14ClNO3S. The largest absolute Gasteiger partial charge is 0.466 e. The first-order valence-electron chi connectivity index (χ1n) is 5.20. The number of carbonyl (C=O) groups is 1. The van der Waals surface area contributed by atoms with Gasteiger partial charge >= 0.3 is 5.97 Å². The van der Waals surface area contributed by atoms with Gasteiger partial charge in [-0.15, -0.1) is 11.8 Å². The molecule has 4 nitrogen and oxygen atoms in total. The average molecular weight is 276 g/mol. The van der Waals surface area contributed by atoms with Crippen molar-refractivity contribution >= 4 is 29.3 Å². The monoisotopic (exact) mass is 275 g/mol. The lowest BCUT2D eigenvalue weighted by molar-refractivity contribution is -0.144. The molecule has 0 spiro atoms. The van der Waals surface area contributed by atoms with Crippen molar-refractivity contribution in [1.29, 1.82) is 0 Å². The minimum Gasteiger partial charge on any atom is -0.466 e. The predicted octanol–water partition coefficient (Wildman–Crippen LogP) is 2.14. The lowest BCUT2D eigenvalue weighted by Gasteiger charge is -2.09. The van der Waals surface area contributed by atoms with Gasteiger partial charge in [0.05, 0.1) is 24.2 Å². The third-order valence-corrected chi connectivity index (χ3v) is 3.41. The molecule has 0 amide bonds. The number of ether oxygens (including phenoxy) is 1. The van der Waals surface area contributed by atoms with Crippen LogP contribution in [0.25, 0.3) is 0 Å². The Morgan fingerprint density at radius 3 is 3.12 bits per heavy atom. The van der Waals surface area contributed by atoms with Gasteiger partial charge in [0.15, 0.2) is 0 Å². The second-order valence-electron chi connectivity index (χ2n) is 3.26. The number of nitrogens with zero attached hydrogens (tertiary/aromatic N) is 1. The summed E-state index contributed by atoms with van der Waals surface area (Å²) < 4.78 is 4.74. The van der Waals surface area contributed by atoms with Crippen molar-refractivity contribution in [2.24, 2.45) is 0 Å². The maximum atomic E-state index is 11.1. The van der Waals surface area contributed by atoms with E-state index in [9.17, 15) is 9.90 Å². The van der Waals surface area contributed by atoms with Crippen LogP contribution in [0.4, 0.5) is 0 Å². The summed E-state index contributed by atoms with van der Waals surface area (Å²) in [6.45, 7) is 2.05. The van der Waals surface area contributed by atoms with Gasteiger partial charge in [0.25, 0.3) is 0 Å². The van der Waals surface area contributed by atoms with Crippen LogP contribution in [-0.4, -0.2) is 34.5 Å². The molecule has 0 radical (unpaired) electrons. The van der Waals surface area contributed by atoms with Gasteiger partial charge in [-0.25, -0.2) is 4.98 Å². The zero-order valence-electron chi connectivity index (χ0n) is 9.43. The Morgan fingerprint density at radius 2 is 2.47 bits per heavy atom.